The van der Waals surface area contributed by atoms with Crippen molar-refractivity contribution in [2.45, 2.75) is 43.8 Å². The summed E-state index contributed by atoms with van der Waals surface area (Å²) in [5.41, 5.74) is 1.17. The number of fused-ring (bicyclic) bond motifs is 1. The predicted octanol–water partition coefficient (Wildman–Crippen LogP) is 3.15. The molecule has 0 bridgehead atoms. The minimum Gasteiger partial charge on any atom is -0.497 e. The number of halogens is 2. The van der Waals surface area contributed by atoms with E-state index >= 15 is 0 Å². The molecule has 1 aromatic carbocycles. The lowest BCUT2D eigenvalue weighted by Crippen LogP contribution is -2.32. The van der Waals surface area contributed by atoms with Crippen LogP contribution in [-0.4, -0.2) is 35.3 Å². The first kappa shape index (κ1) is 16.8. The summed E-state index contributed by atoms with van der Waals surface area (Å²) in [5, 5.41) is 10.2. The maximum atomic E-state index is 13.6. The van der Waals surface area contributed by atoms with Crippen molar-refractivity contribution >= 4 is 11.7 Å². The first-order valence-corrected chi connectivity index (χ1v) is 8.64. The summed E-state index contributed by atoms with van der Waals surface area (Å²) in [6, 6.07) is 6.04. The van der Waals surface area contributed by atoms with Gasteiger partial charge in [0, 0.05) is 6.04 Å². The SMILES string of the molecule is COc1ccc([C@H]2C[C@H](C(F)F)n3ncc(C(=O)NC4CC4)c3N2)cc1. The van der Waals surface area contributed by atoms with E-state index in [-0.39, 0.29) is 24.4 Å². The van der Waals surface area contributed by atoms with Crippen molar-refractivity contribution in [2.24, 2.45) is 0 Å². The highest BCUT2D eigenvalue weighted by molar-refractivity contribution is 5.99. The first-order valence-electron chi connectivity index (χ1n) is 8.64. The van der Waals surface area contributed by atoms with Crippen LogP contribution < -0.4 is 15.4 Å². The van der Waals surface area contributed by atoms with E-state index in [0.29, 0.717) is 17.1 Å². The third-order valence-electron chi connectivity index (χ3n) is 4.86. The van der Waals surface area contributed by atoms with Crippen LogP contribution in [0, 0.1) is 0 Å². The van der Waals surface area contributed by atoms with Crippen LogP contribution in [0.2, 0.25) is 0 Å². The van der Waals surface area contributed by atoms with Crippen LogP contribution in [0.3, 0.4) is 0 Å². The van der Waals surface area contributed by atoms with Gasteiger partial charge in [-0.25, -0.2) is 13.5 Å². The number of hydrogen-bond donors (Lipinski definition) is 2. The van der Waals surface area contributed by atoms with Gasteiger partial charge in [0.2, 0.25) is 0 Å². The highest BCUT2D eigenvalue weighted by Crippen LogP contribution is 2.39. The standard InChI is InChI=1S/C18H20F2N4O2/c1-26-12-6-2-10(3-7-12)14-8-15(16(19)20)24-17(23-14)13(9-21-24)18(25)22-11-4-5-11/h2-3,6-7,9,11,14-16,23H,4-5,8H2,1H3,(H,22,25)/t14-,15-/m1/s1. The van der Waals surface area contributed by atoms with E-state index in [1.165, 1.54) is 10.9 Å². The third kappa shape index (κ3) is 3.11. The molecule has 8 heteroatoms. The molecule has 2 N–H and O–H groups in total. The number of nitrogens with zero attached hydrogens (tertiary/aromatic N) is 2. The summed E-state index contributed by atoms with van der Waals surface area (Å²) < 4.78 is 33.6. The molecule has 1 aliphatic carbocycles. The molecule has 0 saturated heterocycles. The van der Waals surface area contributed by atoms with Crippen molar-refractivity contribution in [3.05, 3.63) is 41.6 Å². The maximum Gasteiger partial charge on any atom is 0.260 e. The average Bonchev–Trinajstić information content (AvgIpc) is 3.35. The van der Waals surface area contributed by atoms with Crippen LogP contribution in [-0.2, 0) is 0 Å². The zero-order valence-electron chi connectivity index (χ0n) is 14.3. The first-order chi connectivity index (χ1) is 12.6. The molecule has 2 atom stereocenters. The molecule has 1 aliphatic heterocycles. The molecular formula is C18H20F2N4O2. The number of hydrogen-bond acceptors (Lipinski definition) is 4. The summed E-state index contributed by atoms with van der Waals surface area (Å²) in [4.78, 5) is 12.4. The number of nitrogens with one attached hydrogen (secondary N) is 2. The fraction of sp³-hybridized carbons (Fsp3) is 0.444. The Labute approximate surface area is 149 Å². The van der Waals surface area contributed by atoms with Crippen molar-refractivity contribution in [1.29, 1.82) is 0 Å². The van der Waals surface area contributed by atoms with Gasteiger partial charge < -0.3 is 15.4 Å². The van der Waals surface area contributed by atoms with Crippen molar-refractivity contribution in [1.82, 2.24) is 15.1 Å². The number of ether oxygens (including phenoxy) is 1. The molecular weight excluding hydrogens is 342 g/mol. The number of amides is 1. The Morgan fingerprint density at radius 3 is 2.69 bits per heavy atom. The Morgan fingerprint density at radius 2 is 2.08 bits per heavy atom. The molecule has 0 unspecified atom stereocenters. The van der Waals surface area contributed by atoms with Crippen LogP contribution in [0.5, 0.6) is 5.75 Å². The van der Waals surface area contributed by atoms with Gasteiger partial charge >= 0.3 is 0 Å². The molecule has 2 heterocycles. The van der Waals surface area contributed by atoms with Gasteiger partial charge in [-0.05, 0) is 37.0 Å². The normalized spacial score (nSPS) is 21.8. The van der Waals surface area contributed by atoms with E-state index in [9.17, 15) is 13.6 Å². The number of methoxy groups -OCH3 is 1. The fourth-order valence-corrected chi connectivity index (χ4v) is 3.25. The average molecular weight is 362 g/mol. The van der Waals surface area contributed by atoms with Crippen molar-refractivity contribution in [2.75, 3.05) is 12.4 Å². The smallest absolute Gasteiger partial charge is 0.260 e. The van der Waals surface area contributed by atoms with Crippen LogP contribution in [0.1, 0.15) is 47.3 Å². The quantitative estimate of drug-likeness (QED) is 0.857. The number of rotatable bonds is 5. The van der Waals surface area contributed by atoms with Gasteiger partial charge in [0.05, 0.1) is 19.3 Å². The second kappa shape index (κ2) is 6.59. The second-order valence-corrected chi connectivity index (χ2v) is 6.71. The van der Waals surface area contributed by atoms with E-state index in [1.807, 2.05) is 12.1 Å². The Balaban J connectivity index is 1.65. The van der Waals surface area contributed by atoms with Crippen molar-refractivity contribution < 1.29 is 18.3 Å². The minimum absolute atomic E-state index is 0.183. The third-order valence-corrected chi connectivity index (χ3v) is 4.86. The van der Waals surface area contributed by atoms with Crippen LogP contribution in [0.25, 0.3) is 0 Å². The lowest BCUT2D eigenvalue weighted by molar-refractivity contribution is 0.0656. The Morgan fingerprint density at radius 1 is 1.35 bits per heavy atom. The van der Waals surface area contributed by atoms with Crippen LogP contribution >= 0.6 is 0 Å². The molecule has 1 fully saturated rings. The van der Waals surface area contributed by atoms with Gasteiger partial charge in [-0.1, -0.05) is 12.1 Å². The molecule has 1 saturated carbocycles. The monoisotopic (exact) mass is 362 g/mol. The highest BCUT2D eigenvalue weighted by Gasteiger charge is 2.37. The number of alkyl halides is 2. The van der Waals surface area contributed by atoms with Gasteiger partial charge in [-0.3, -0.25) is 4.79 Å². The highest BCUT2D eigenvalue weighted by atomic mass is 19.3. The van der Waals surface area contributed by atoms with E-state index in [4.69, 9.17) is 4.74 Å². The summed E-state index contributed by atoms with van der Waals surface area (Å²) in [6.45, 7) is 0. The molecule has 138 valence electrons. The Hall–Kier alpha value is -2.64. The predicted molar refractivity (Wildman–Crippen MR) is 91.7 cm³/mol. The molecule has 0 radical (unpaired) electrons. The topological polar surface area (TPSA) is 68.2 Å². The molecule has 0 spiro atoms. The largest absolute Gasteiger partial charge is 0.497 e. The zero-order valence-corrected chi connectivity index (χ0v) is 14.3. The zero-order chi connectivity index (χ0) is 18.3. The summed E-state index contributed by atoms with van der Waals surface area (Å²) in [6.07, 6.45) is 0.887. The molecule has 4 rings (SSSR count). The van der Waals surface area contributed by atoms with Gasteiger partial charge in [0.15, 0.2) is 0 Å². The number of benzene rings is 1. The van der Waals surface area contributed by atoms with Gasteiger partial charge in [-0.2, -0.15) is 5.10 Å². The summed E-state index contributed by atoms with van der Waals surface area (Å²) >= 11 is 0. The molecule has 1 amide bonds. The van der Waals surface area contributed by atoms with Gasteiger partial charge in [0.25, 0.3) is 12.3 Å². The van der Waals surface area contributed by atoms with E-state index in [0.717, 1.165) is 18.4 Å². The number of aromatic nitrogens is 2. The second-order valence-electron chi connectivity index (χ2n) is 6.71. The number of carbonyl (C=O) groups is 1. The summed E-state index contributed by atoms with van der Waals surface area (Å²) in [7, 11) is 1.57. The Bertz CT molecular complexity index is 802. The molecule has 2 aromatic rings. The van der Waals surface area contributed by atoms with Crippen LogP contribution in [0.4, 0.5) is 14.6 Å². The fourth-order valence-electron chi connectivity index (χ4n) is 3.25. The van der Waals surface area contributed by atoms with Crippen molar-refractivity contribution in [3.63, 3.8) is 0 Å². The van der Waals surface area contributed by atoms with E-state index in [2.05, 4.69) is 15.7 Å². The lowest BCUT2D eigenvalue weighted by atomic mass is 9.97. The minimum atomic E-state index is -2.57. The Kier molecular flexibility index (Phi) is 4.26. The maximum absolute atomic E-state index is 13.6. The van der Waals surface area contributed by atoms with E-state index in [1.54, 1.807) is 19.2 Å². The lowest BCUT2D eigenvalue weighted by Gasteiger charge is -2.32. The molecule has 1 aromatic heterocycles. The molecule has 26 heavy (non-hydrogen) atoms. The number of carbonyl (C=O) groups excluding carboxylic acids is 1. The van der Waals surface area contributed by atoms with Crippen molar-refractivity contribution in [3.8, 4) is 5.75 Å². The van der Waals surface area contributed by atoms with Gasteiger partial charge in [-0.15, -0.1) is 0 Å². The van der Waals surface area contributed by atoms with E-state index < -0.39 is 12.5 Å². The molecule has 6 nitrogen and oxygen atoms in total. The molecule has 2 aliphatic rings. The van der Waals surface area contributed by atoms with Gasteiger partial charge in [0.1, 0.15) is 23.2 Å². The number of anilines is 1. The summed E-state index contributed by atoms with van der Waals surface area (Å²) in [5.74, 6) is 0.773. The van der Waals surface area contributed by atoms with Crippen LogP contribution in [0.15, 0.2) is 30.5 Å².